The molecule has 1 saturated heterocycles. The van der Waals surface area contributed by atoms with Crippen LogP contribution in [-0.2, 0) is 6.42 Å². The summed E-state index contributed by atoms with van der Waals surface area (Å²) in [7, 11) is 0. The Kier molecular flexibility index (Phi) is 4.60. The first-order valence-electron chi connectivity index (χ1n) is 9.44. The first kappa shape index (κ1) is 17.0. The molecule has 0 aliphatic carbocycles. The van der Waals surface area contributed by atoms with Gasteiger partial charge in [-0.3, -0.25) is 4.79 Å². The van der Waals surface area contributed by atoms with Crippen molar-refractivity contribution in [2.75, 3.05) is 13.1 Å². The van der Waals surface area contributed by atoms with E-state index in [0.717, 1.165) is 46.5 Å². The molecule has 2 heterocycles. The zero-order valence-electron chi connectivity index (χ0n) is 15.5. The van der Waals surface area contributed by atoms with E-state index in [1.54, 1.807) is 6.92 Å². The van der Waals surface area contributed by atoms with Crippen molar-refractivity contribution in [1.29, 1.82) is 0 Å². The molecule has 0 amide bonds. The maximum Gasteiger partial charge on any atom is 0.159 e. The van der Waals surface area contributed by atoms with Gasteiger partial charge in [-0.25, -0.2) is 4.98 Å². The Morgan fingerprint density at radius 1 is 1.23 bits per heavy atom. The van der Waals surface area contributed by atoms with Crippen molar-refractivity contribution in [3.05, 3.63) is 53.9 Å². The maximum atomic E-state index is 11.6. The predicted molar refractivity (Wildman–Crippen MR) is 106 cm³/mol. The molecule has 2 aromatic carbocycles. The zero-order valence-corrected chi connectivity index (χ0v) is 15.5. The molecule has 1 aliphatic heterocycles. The molecule has 134 valence electrons. The average molecular weight is 347 g/mol. The van der Waals surface area contributed by atoms with E-state index in [1.807, 2.05) is 24.3 Å². The van der Waals surface area contributed by atoms with Gasteiger partial charge >= 0.3 is 0 Å². The standard InChI is InChI=1S/C22H25N3O/c1-15-5-4-11-25(15)12-10-22-23-20-9-8-19(14-21(20)24-22)18-7-3-6-17(13-18)16(2)26/h3,6-9,13-15H,4-5,10-12H2,1-2H3,(H,23,24)/t15-/m1/s1. The number of aromatic amines is 1. The smallest absolute Gasteiger partial charge is 0.159 e. The van der Waals surface area contributed by atoms with Crippen LogP contribution in [0.1, 0.15) is 42.9 Å². The number of imidazole rings is 1. The van der Waals surface area contributed by atoms with Crippen LogP contribution in [0, 0.1) is 0 Å². The Hall–Kier alpha value is -2.46. The van der Waals surface area contributed by atoms with Crippen LogP contribution in [0.3, 0.4) is 0 Å². The number of hydrogen-bond donors (Lipinski definition) is 1. The molecular weight excluding hydrogens is 322 g/mol. The topological polar surface area (TPSA) is 49.0 Å². The number of H-pyrrole nitrogens is 1. The molecule has 1 atom stereocenters. The lowest BCUT2D eigenvalue weighted by Gasteiger charge is -2.19. The summed E-state index contributed by atoms with van der Waals surface area (Å²) >= 11 is 0. The zero-order chi connectivity index (χ0) is 18.1. The molecule has 0 bridgehead atoms. The minimum Gasteiger partial charge on any atom is -0.342 e. The predicted octanol–water partition coefficient (Wildman–Crippen LogP) is 4.46. The number of nitrogens with zero attached hydrogens (tertiary/aromatic N) is 2. The number of aromatic nitrogens is 2. The lowest BCUT2D eigenvalue weighted by molar-refractivity contribution is 0.101. The summed E-state index contributed by atoms with van der Waals surface area (Å²) < 4.78 is 0. The van der Waals surface area contributed by atoms with Crippen molar-refractivity contribution in [3.63, 3.8) is 0 Å². The molecule has 1 aliphatic rings. The van der Waals surface area contributed by atoms with Crippen LogP contribution in [0.5, 0.6) is 0 Å². The number of Topliss-reactive ketones (excluding diaryl/α,β-unsaturated/α-hetero) is 1. The monoisotopic (exact) mass is 347 g/mol. The maximum absolute atomic E-state index is 11.6. The fourth-order valence-corrected chi connectivity index (χ4v) is 3.85. The van der Waals surface area contributed by atoms with Crippen molar-refractivity contribution in [1.82, 2.24) is 14.9 Å². The van der Waals surface area contributed by atoms with Crippen LogP contribution in [0.4, 0.5) is 0 Å². The summed E-state index contributed by atoms with van der Waals surface area (Å²) in [5.41, 5.74) is 4.94. The fraction of sp³-hybridized carbons (Fsp3) is 0.364. The van der Waals surface area contributed by atoms with E-state index in [9.17, 15) is 4.79 Å². The molecular formula is C22H25N3O. The number of benzene rings is 2. The van der Waals surface area contributed by atoms with Crippen LogP contribution in [-0.4, -0.2) is 39.8 Å². The van der Waals surface area contributed by atoms with Crippen LogP contribution >= 0.6 is 0 Å². The van der Waals surface area contributed by atoms with Crippen molar-refractivity contribution in [2.45, 2.75) is 39.2 Å². The Labute approximate surface area is 154 Å². The average Bonchev–Trinajstić information content (AvgIpc) is 3.24. The second-order valence-electron chi connectivity index (χ2n) is 7.33. The van der Waals surface area contributed by atoms with Gasteiger partial charge in [-0.15, -0.1) is 0 Å². The van der Waals surface area contributed by atoms with E-state index in [1.165, 1.54) is 19.4 Å². The molecule has 4 rings (SSSR count). The van der Waals surface area contributed by atoms with Crippen LogP contribution in [0.2, 0.25) is 0 Å². The fourth-order valence-electron chi connectivity index (χ4n) is 3.85. The number of hydrogen-bond acceptors (Lipinski definition) is 3. The van der Waals surface area contributed by atoms with E-state index in [2.05, 4.69) is 35.0 Å². The Morgan fingerprint density at radius 3 is 2.85 bits per heavy atom. The minimum absolute atomic E-state index is 0.0890. The Morgan fingerprint density at radius 2 is 2.08 bits per heavy atom. The quantitative estimate of drug-likeness (QED) is 0.693. The van der Waals surface area contributed by atoms with E-state index in [0.29, 0.717) is 6.04 Å². The van der Waals surface area contributed by atoms with Gasteiger partial charge in [-0.1, -0.05) is 24.3 Å². The summed E-state index contributed by atoms with van der Waals surface area (Å²) in [4.78, 5) is 22.4. The molecule has 1 N–H and O–H groups in total. The highest BCUT2D eigenvalue weighted by molar-refractivity contribution is 5.95. The van der Waals surface area contributed by atoms with E-state index in [4.69, 9.17) is 4.98 Å². The number of likely N-dealkylation sites (tertiary alicyclic amines) is 1. The summed E-state index contributed by atoms with van der Waals surface area (Å²) in [6, 6.07) is 14.8. The number of rotatable bonds is 5. The molecule has 0 saturated carbocycles. The summed E-state index contributed by atoms with van der Waals surface area (Å²) in [5, 5.41) is 0. The van der Waals surface area contributed by atoms with E-state index >= 15 is 0 Å². The summed E-state index contributed by atoms with van der Waals surface area (Å²) in [6.45, 7) is 6.18. The van der Waals surface area contributed by atoms with Gasteiger partial charge in [-0.2, -0.15) is 0 Å². The van der Waals surface area contributed by atoms with Crippen molar-refractivity contribution in [3.8, 4) is 11.1 Å². The number of carbonyl (C=O) groups is 1. The van der Waals surface area contributed by atoms with Gasteiger partial charge in [0.15, 0.2) is 5.78 Å². The Balaban J connectivity index is 1.56. The lowest BCUT2D eigenvalue weighted by atomic mass is 10.0. The third-order valence-corrected chi connectivity index (χ3v) is 5.46. The van der Waals surface area contributed by atoms with Crippen molar-refractivity contribution < 1.29 is 4.79 Å². The van der Waals surface area contributed by atoms with Gasteiger partial charge in [0.2, 0.25) is 0 Å². The number of ketones is 1. The molecule has 0 radical (unpaired) electrons. The third kappa shape index (κ3) is 3.42. The van der Waals surface area contributed by atoms with Crippen LogP contribution in [0.15, 0.2) is 42.5 Å². The number of fused-ring (bicyclic) bond motifs is 1. The normalized spacial score (nSPS) is 17.8. The molecule has 1 fully saturated rings. The molecule has 0 unspecified atom stereocenters. The summed E-state index contributed by atoms with van der Waals surface area (Å²) in [6.07, 6.45) is 3.57. The van der Waals surface area contributed by atoms with Crippen molar-refractivity contribution >= 4 is 16.8 Å². The summed E-state index contributed by atoms with van der Waals surface area (Å²) in [5.74, 6) is 1.14. The second-order valence-corrected chi connectivity index (χ2v) is 7.33. The van der Waals surface area contributed by atoms with Gasteiger partial charge in [0.1, 0.15) is 5.82 Å². The molecule has 26 heavy (non-hydrogen) atoms. The molecule has 1 aromatic heterocycles. The van der Waals surface area contributed by atoms with Gasteiger partial charge < -0.3 is 9.88 Å². The molecule has 3 aromatic rings. The number of nitrogens with one attached hydrogen (secondary N) is 1. The third-order valence-electron chi connectivity index (χ3n) is 5.46. The van der Waals surface area contributed by atoms with E-state index in [-0.39, 0.29) is 5.78 Å². The molecule has 4 heteroatoms. The van der Waals surface area contributed by atoms with Gasteiger partial charge in [0, 0.05) is 24.6 Å². The Bertz CT molecular complexity index is 943. The highest BCUT2D eigenvalue weighted by Gasteiger charge is 2.19. The molecule has 4 nitrogen and oxygen atoms in total. The van der Waals surface area contributed by atoms with Gasteiger partial charge in [-0.05, 0) is 62.6 Å². The first-order valence-corrected chi connectivity index (χ1v) is 9.44. The van der Waals surface area contributed by atoms with Crippen molar-refractivity contribution in [2.24, 2.45) is 0 Å². The highest BCUT2D eigenvalue weighted by atomic mass is 16.1. The van der Waals surface area contributed by atoms with Crippen LogP contribution < -0.4 is 0 Å². The largest absolute Gasteiger partial charge is 0.342 e. The van der Waals surface area contributed by atoms with Gasteiger partial charge in [0.25, 0.3) is 0 Å². The van der Waals surface area contributed by atoms with E-state index < -0.39 is 0 Å². The second kappa shape index (κ2) is 7.04. The van der Waals surface area contributed by atoms with Crippen LogP contribution in [0.25, 0.3) is 22.2 Å². The number of carbonyl (C=O) groups excluding carboxylic acids is 1. The minimum atomic E-state index is 0.0890. The van der Waals surface area contributed by atoms with Gasteiger partial charge in [0.05, 0.1) is 11.0 Å². The molecule has 0 spiro atoms. The lowest BCUT2D eigenvalue weighted by Crippen LogP contribution is -2.29. The SMILES string of the molecule is CC(=O)c1cccc(-c2ccc3[nH]c(CCN4CCC[C@H]4C)nc3c2)c1. The highest BCUT2D eigenvalue weighted by Crippen LogP contribution is 2.25. The first-order chi connectivity index (χ1) is 12.6.